The number of benzene rings is 2. The normalized spacial score (nSPS) is 11.7. The number of halogens is 1. The molecule has 0 saturated carbocycles. The minimum atomic E-state index is -3.76. The Morgan fingerprint density at radius 3 is 2.40 bits per heavy atom. The van der Waals surface area contributed by atoms with Gasteiger partial charge in [-0.15, -0.1) is 0 Å². The second-order valence-corrected chi connectivity index (χ2v) is 7.14. The molecule has 0 aromatic heterocycles. The SMILES string of the molecule is CCCCCOc1ccc(S(=O)(=O)Cl)c2ccccc12. The van der Waals surface area contributed by atoms with Gasteiger partial charge in [-0.2, -0.15) is 0 Å². The third kappa shape index (κ3) is 3.44. The zero-order chi connectivity index (χ0) is 14.6. The maximum Gasteiger partial charge on any atom is 0.261 e. The summed E-state index contributed by atoms with van der Waals surface area (Å²) in [6.07, 6.45) is 3.24. The standard InChI is InChI=1S/C15H17ClO3S/c1-2-3-6-11-19-14-9-10-15(20(16,17)18)13-8-5-4-7-12(13)14/h4-5,7-10H,2-3,6,11H2,1H3. The van der Waals surface area contributed by atoms with E-state index in [9.17, 15) is 8.42 Å². The first kappa shape index (κ1) is 15.1. The predicted molar refractivity (Wildman–Crippen MR) is 82.0 cm³/mol. The van der Waals surface area contributed by atoms with Crippen molar-refractivity contribution in [3.8, 4) is 5.75 Å². The van der Waals surface area contributed by atoms with Crippen LogP contribution in [0.4, 0.5) is 0 Å². The summed E-state index contributed by atoms with van der Waals surface area (Å²) >= 11 is 0. The first-order valence-electron chi connectivity index (χ1n) is 6.63. The van der Waals surface area contributed by atoms with Crippen LogP contribution in [0.2, 0.25) is 0 Å². The molecule has 3 nitrogen and oxygen atoms in total. The predicted octanol–water partition coefficient (Wildman–Crippen LogP) is 4.34. The van der Waals surface area contributed by atoms with Gasteiger partial charge in [0.1, 0.15) is 5.75 Å². The Morgan fingerprint density at radius 1 is 1.05 bits per heavy atom. The Kier molecular flexibility index (Phi) is 4.89. The monoisotopic (exact) mass is 312 g/mol. The summed E-state index contributed by atoms with van der Waals surface area (Å²) < 4.78 is 28.9. The van der Waals surface area contributed by atoms with Crippen LogP contribution >= 0.6 is 10.7 Å². The van der Waals surface area contributed by atoms with Crippen LogP contribution in [-0.2, 0) is 9.05 Å². The molecule has 108 valence electrons. The lowest BCUT2D eigenvalue weighted by molar-refractivity contribution is 0.309. The van der Waals surface area contributed by atoms with Crippen molar-refractivity contribution in [2.45, 2.75) is 31.1 Å². The Labute approximate surface area is 123 Å². The van der Waals surface area contributed by atoms with Gasteiger partial charge in [0.15, 0.2) is 0 Å². The van der Waals surface area contributed by atoms with Gasteiger partial charge in [-0.3, -0.25) is 0 Å². The lowest BCUT2D eigenvalue weighted by Gasteiger charge is -2.11. The highest BCUT2D eigenvalue weighted by atomic mass is 35.7. The van der Waals surface area contributed by atoms with Crippen LogP contribution in [0.3, 0.4) is 0 Å². The van der Waals surface area contributed by atoms with Gasteiger partial charge in [0.2, 0.25) is 0 Å². The fourth-order valence-electron chi connectivity index (χ4n) is 2.12. The Morgan fingerprint density at radius 2 is 1.75 bits per heavy atom. The maximum atomic E-state index is 11.6. The van der Waals surface area contributed by atoms with Crippen LogP contribution in [-0.4, -0.2) is 15.0 Å². The quantitative estimate of drug-likeness (QED) is 0.589. The minimum absolute atomic E-state index is 0.121. The lowest BCUT2D eigenvalue weighted by atomic mass is 10.1. The second-order valence-electron chi connectivity index (χ2n) is 4.60. The molecule has 0 amide bonds. The van der Waals surface area contributed by atoms with Crippen molar-refractivity contribution in [1.29, 1.82) is 0 Å². The highest BCUT2D eigenvalue weighted by Gasteiger charge is 2.16. The number of unbranched alkanes of at least 4 members (excludes halogenated alkanes) is 2. The summed E-state index contributed by atoms with van der Waals surface area (Å²) in [7, 11) is 1.71. The molecule has 2 rings (SSSR count). The fraction of sp³-hybridized carbons (Fsp3) is 0.333. The maximum absolute atomic E-state index is 11.6. The van der Waals surface area contributed by atoms with Gasteiger partial charge in [-0.05, 0) is 18.6 Å². The van der Waals surface area contributed by atoms with E-state index in [1.807, 2.05) is 12.1 Å². The Bertz CT molecular complexity index is 695. The molecule has 0 N–H and O–H groups in total. The molecule has 0 atom stereocenters. The molecule has 20 heavy (non-hydrogen) atoms. The van der Waals surface area contributed by atoms with E-state index in [2.05, 4.69) is 6.92 Å². The van der Waals surface area contributed by atoms with Gasteiger partial charge in [0.25, 0.3) is 9.05 Å². The number of ether oxygens (including phenoxy) is 1. The van der Waals surface area contributed by atoms with Gasteiger partial charge in [-0.1, -0.05) is 44.0 Å². The molecule has 2 aromatic carbocycles. The first-order chi connectivity index (χ1) is 9.54. The van der Waals surface area contributed by atoms with Gasteiger partial charge in [0.05, 0.1) is 11.5 Å². The van der Waals surface area contributed by atoms with Crippen LogP contribution in [0.15, 0.2) is 41.3 Å². The van der Waals surface area contributed by atoms with Gasteiger partial charge in [0, 0.05) is 21.5 Å². The van der Waals surface area contributed by atoms with Crippen LogP contribution in [0.5, 0.6) is 5.75 Å². The third-order valence-electron chi connectivity index (χ3n) is 3.11. The van der Waals surface area contributed by atoms with Crippen molar-refractivity contribution in [3.05, 3.63) is 36.4 Å². The van der Waals surface area contributed by atoms with Crippen molar-refractivity contribution < 1.29 is 13.2 Å². The Balaban J connectivity index is 2.39. The van der Waals surface area contributed by atoms with Crippen LogP contribution in [0.1, 0.15) is 26.2 Å². The molecule has 0 aliphatic heterocycles. The molecule has 0 fully saturated rings. The minimum Gasteiger partial charge on any atom is -0.493 e. The molecule has 0 saturated heterocycles. The molecule has 0 spiro atoms. The average molecular weight is 313 g/mol. The molecule has 2 aromatic rings. The topological polar surface area (TPSA) is 43.4 Å². The van der Waals surface area contributed by atoms with Gasteiger partial charge in [-0.25, -0.2) is 8.42 Å². The van der Waals surface area contributed by atoms with Crippen LogP contribution < -0.4 is 4.74 Å². The summed E-state index contributed by atoms with van der Waals surface area (Å²) in [6, 6.07) is 10.4. The number of hydrogen-bond donors (Lipinski definition) is 0. The van der Waals surface area contributed by atoms with E-state index in [1.165, 1.54) is 6.07 Å². The molecule has 5 heteroatoms. The molecular weight excluding hydrogens is 296 g/mol. The fourth-order valence-corrected chi connectivity index (χ4v) is 3.19. The van der Waals surface area contributed by atoms with Crippen LogP contribution in [0.25, 0.3) is 10.8 Å². The first-order valence-corrected chi connectivity index (χ1v) is 8.94. The van der Waals surface area contributed by atoms with E-state index in [0.29, 0.717) is 17.7 Å². The van der Waals surface area contributed by atoms with E-state index >= 15 is 0 Å². The third-order valence-corrected chi connectivity index (χ3v) is 4.49. The number of rotatable bonds is 6. The number of fused-ring (bicyclic) bond motifs is 1. The van der Waals surface area contributed by atoms with E-state index in [-0.39, 0.29) is 4.90 Å². The summed E-state index contributed by atoms with van der Waals surface area (Å²) in [5.41, 5.74) is 0. The van der Waals surface area contributed by atoms with E-state index in [1.54, 1.807) is 18.2 Å². The van der Waals surface area contributed by atoms with E-state index in [0.717, 1.165) is 24.6 Å². The zero-order valence-corrected chi connectivity index (χ0v) is 12.9. The van der Waals surface area contributed by atoms with Crippen molar-refractivity contribution in [2.75, 3.05) is 6.61 Å². The van der Waals surface area contributed by atoms with Crippen LogP contribution in [0, 0.1) is 0 Å². The summed E-state index contributed by atoms with van der Waals surface area (Å²) in [5, 5.41) is 1.36. The van der Waals surface area contributed by atoms with E-state index < -0.39 is 9.05 Å². The average Bonchev–Trinajstić information content (AvgIpc) is 2.42. The summed E-state index contributed by atoms with van der Waals surface area (Å²) in [6.45, 7) is 2.76. The highest BCUT2D eigenvalue weighted by molar-refractivity contribution is 8.14. The van der Waals surface area contributed by atoms with Crippen molar-refractivity contribution >= 4 is 30.5 Å². The van der Waals surface area contributed by atoms with Crippen molar-refractivity contribution in [1.82, 2.24) is 0 Å². The summed E-state index contributed by atoms with van der Waals surface area (Å²) in [5.74, 6) is 0.695. The van der Waals surface area contributed by atoms with Gasteiger partial charge >= 0.3 is 0 Å². The lowest BCUT2D eigenvalue weighted by Crippen LogP contribution is -1.99. The zero-order valence-electron chi connectivity index (χ0n) is 11.3. The van der Waals surface area contributed by atoms with E-state index in [4.69, 9.17) is 15.4 Å². The van der Waals surface area contributed by atoms with Crippen molar-refractivity contribution in [3.63, 3.8) is 0 Å². The molecule has 0 unspecified atom stereocenters. The molecule has 0 aliphatic carbocycles. The highest BCUT2D eigenvalue weighted by Crippen LogP contribution is 2.32. The molecular formula is C15H17ClO3S. The molecule has 0 aliphatic rings. The van der Waals surface area contributed by atoms with Gasteiger partial charge < -0.3 is 4.74 Å². The van der Waals surface area contributed by atoms with Crippen molar-refractivity contribution in [2.24, 2.45) is 0 Å². The Hall–Kier alpha value is -1.26. The molecule has 0 radical (unpaired) electrons. The smallest absolute Gasteiger partial charge is 0.261 e. The molecule has 0 bridgehead atoms. The molecule has 0 heterocycles. The summed E-state index contributed by atoms with van der Waals surface area (Å²) in [4.78, 5) is 0.121. The second kappa shape index (κ2) is 6.46. The largest absolute Gasteiger partial charge is 0.493 e. The number of hydrogen-bond acceptors (Lipinski definition) is 3.